The van der Waals surface area contributed by atoms with Crippen LogP contribution in [-0.4, -0.2) is 35.5 Å². The molecule has 2 heterocycles. The summed E-state index contributed by atoms with van der Waals surface area (Å²) in [6.45, 7) is 7.93. The molecule has 170 valence electrons. The molecule has 8 heteroatoms. The van der Waals surface area contributed by atoms with Gasteiger partial charge in [-0.2, -0.15) is 0 Å². The van der Waals surface area contributed by atoms with Crippen molar-refractivity contribution < 1.29 is 19.1 Å². The Hall–Kier alpha value is -3.13. The summed E-state index contributed by atoms with van der Waals surface area (Å²) >= 11 is 1.36. The Morgan fingerprint density at radius 3 is 2.69 bits per heavy atom. The molecule has 0 aliphatic carbocycles. The zero-order valence-corrected chi connectivity index (χ0v) is 19.6. The van der Waals surface area contributed by atoms with E-state index in [-0.39, 0.29) is 18.0 Å². The van der Waals surface area contributed by atoms with Crippen LogP contribution in [-0.2, 0) is 9.53 Å². The first-order chi connectivity index (χ1) is 15.3. The Bertz CT molecular complexity index is 1010. The van der Waals surface area contributed by atoms with Crippen LogP contribution in [0, 0.1) is 0 Å². The van der Waals surface area contributed by atoms with Crippen LogP contribution in [0.15, 0.2) is 53.0 Å². The van der Waals surface area contributed by atoms with Crippen molar-refractivity contribution in [2.45, 2.75) is 52.7 Å². The lowest BCUT2D eigenvalue weighted by atomic mass is 9.94. The number of nitrogens with zero attached hydrogens (tertiary/aromatic N) is 1. The van der Waals surface area contributed by atoms with E-state index in [1.54, 1.807) is 49.9 Å². The zero-order chi connectivity index (χ0) is 23.3. The number of urea groups is 1. The number of ether oxygens (including phenoxy) is 1. The van der Waals surface area contributed by atoms with Gasteiger partial charge in [-0.15, -0.1) is 11.3 Å². The van der Waals surface area contributed by atoms with Crippen LogP contribution in [0.2, 0.25) is 0 Å². The lowest BCUT2D eigenvalue weighted by molar-refractivity contribution is -0.143. The third-order valence-electron chi connectivity index (χ3n) is 5.12. The predicted molar refractivity (Wildman–Crippen MR) is 126 cm³/mol. The van der Waals surface area contributed by atoms with E-state index < -0.39 is 12.0 Å². The number of allylic oxidation sites excluding steroid dienone is 1. The van der Waals surface area contributed by atoms with Crippen molar-refractivity contribution in [1.29, 1.82) is 0 Å². The minimum absolute atomic E-state index is 0.207. The van der Waals surface area contributed by atoms with Crippen molar-refractivity contribution in [2.24, 2.45) is 0 Å². The Balaban J connectivity index is 1.95. The minimum atomic E-state index is -0.676. The summed E-state index contributed by atoms with van der Waals surface area (Å²) in [5.41, 5.74) is 2.26. The van der Waals surface area contributed by atoms with Crippen LogP contribution in [0.25, 0.3) is 0 Å². The van der Waals surface area contributed by atoms with Crippen molar-refractivity contribution in [3.63, 3.8) is 0 Å². The maximum absolute atomic E-state index is 13.0. The van der Waals surface area contributed by atoms with Gasteiger partial charge in [0.25, 0.3) is 5.91 Å². The highest BCUT2D eigenvalue weighted by Gasteiger charge is 2.36. The summed E-state index contributed by atoms with van der Waals surface area (Å²) in [6.07, 6.45) is 1.46. The van der Waals surface area contributed by atoms with Gasteiger partial charge in [-0.25, -0.2) is 9.59 Å². The smallest absolute Gasteiger partial charge is 0.338 e. The van der Waals surface area contributed by atoms with Gasteiger partial charge in [0.1, 0.15) is 0 Å². The molecule has 1 aromatic carbocycles. The molecule has 1 aliphatic heterocycles. The van der Waals surface area contributed by atoms with E-state index in [4.69, 9.17) is 4.74 Å². The maximum Gasteiger partial charge on any atom is 0.338 e. The molecule has 2 aromatic rings. The van der Waals surface area contributed by atoms with Gasteiger partial charge in [-0.1, -0.05) is 31.5 Å². The van der Waals surface area contributed by atoms with Crippen molar-refractivity contribution in [3.05, 3.63) is 63.5 Å². The summed E-state index contributed by atoms with van der Waals surface area (Å²) in [6, 6.07) is 9.80. The van der Waals surface area contributed by atoms with Gasteiger partial charge < -0.3 is 15.4 Å². The van der Waals surface area contributed by atoms with E-state index in [1.807, 2.05) is 24.4 Å². The van der Waals surface area contributed by atoms with Gasteiger partial charge >= 0.3 is 12.0 Å². The molecule has 2 N–H and O–H groups in total. The molecule has 0 radical (unpaired) electrons. The van der Waals surface area contributed by atoms with Gasteiger partial charge in [0.2, 0.25) is 0 Å². The number of carbonyl (C=O) groups is 3. The highest BCUT2D eigenvalue weighted by atomic mass is 32.1. The number of carbonyl (C=O) groups excluding carboxylic acids is 3. The first-order valence-electron chi connectivity index (χ1n) is 10.8. The second kappa shape index (κ2) is 10.5. The first kappa shape index (κ1) is 23.5. The highest BCUT2D eigenvalue weighted by molar-refractivity contribution is 7.12. The highest BCUT2D eigenvalue weighted by Crippen LogP contribution is 2.33. The molecule has 1 aliphatic rings. The van der Waals surface area contributed by atoms with Crippen LogP contribution in [0.1, 0.15) is 61.8 Å². The summed E-state index contributed by atoms with van der Waals surface area (Å²) in [7, 11) is 0. The molecule has 7 nitrogen and oxygen atoms in total. The van der Waals surface area contributed by atoms with E-state index in [0.29, 0.717) is 33.9 Å². The average molecular weight is 456 g/mol. The fraction of sp³-hybridized carbons (Fsp3) is 0.375. The molecule has 3 amide bonds. The SMILES string of the molecule is CCCCN1C(=O)NC(c2cccc(NC(=O)c3cccs3)c2)C(C(=O)OC(C)C)=C1C. The Morgan fingerprint density at radius 1 is 1.25 bits per heavy atom. The van der Waals surface area contributed by atoms with Gasteiger partial charge in [-0.05, 0) is 56.3 Å². The first-order valence-corrected chi connectivity index (χ1v) is 11.6. The molecule has 0 saturated heterocycles. The summed E-state index contributed by atoms with van der Waals surface area (Å²) in [5, 5.41) is 7.67. The average Bonchev–Trinajstić information content (AvgIpc) is 3.28. The standard InChI is InChI=1S/C24H29N3O4S/c1-5-6-12-27-16(4)20(23(29)31-15(2)3)21(26-24(27)30)17-9-7-10-18(14-17)25-22(28)19-11-8-13-32-19/h7-11,13-15,21H,5-6,12H2,1-4H3,(H,25,28)(H,26,30). The fourth-order valence-electron chi connectivity index (χ4n) is 3.56. The summed E-state index contributed by atoms with van der Waals surface area (Å²) < 4.78 is 5.50. The van der Waals surface area contributed by atoms with Crippen LogP contribution in [0.4, 0.5) is 10.5 Å². The van der Waals surface area contributed by atoms with Crippen LogP contribution < -0.4 is 10.6 Å². The van der Waals surface area contributed by atoms with Crippen LogP contribution >= 0.6 is 11.3 Å². The Labute approximate surface area is 192 Å². The monoisotopic (exact) mass is 455 g/mol. The van der Waals surface area contributed by atoms with Gasteiger partial charge in [-0.3, -0.25) is 9.69 Å². The second-order valence-electron chi connectivity index (χ2n) is 7.90. The van der Waals surface area contributed by atoms with Crippen molar-refractivity contribution in [3.8, 4) is 0 Å². The van der Waals surface area contributed by atoms with Crippen LogP contribution in [0.3, 0.4) is 0 Å². The number of anilines is 1. The molecular weight excluding hydrogens is 426 g/mol. The van der Waals surface area contributed by atoms with Crippen molar-refractivity contribution in [2.75, 3.05) is 11.9 Å². The van der Waals surface area contributed by atoms with E-state index >= 15 is 0 Å². The molecule has 0 spiro atoms. The summed E-state index contributed by atoms with van der Waals surface area (Å²) in [4.78, 5) is 40.5. The predicted octanol–water partition coefficient (Wildman–Crippen LogP) is 5.09. The Morgan fingerprint density at radius 2 is 2.03 bits per heavy atom. The largest absolute Gasteiger partial charge is 0.459 e. The Kier molecular flexibility index (Phi) is 7.69. The number of benzene rings is 1. The van der Waals surface area contributed by atoms with E-state index in [1.165, 1.54) is 11.3 Å². The van der Waals surface area contributed by atoms with Crippen molar-refractivity contribution >= 4 is 34.9 Å². The third-order valence-corrected chi connectivity index (χ3v) is 5.99. The molecule has 1 unspecified atom stereocenters. The van der Waals surface area contributed by atoms with Crippen LogP contribution in [0.5, 0.6) is 0 Å². The van der Waals surface area contributed by atoms with Gasteiger partial charge in [0.15, 0.2) is 0 Å². The molecule has 0 bridgehead atoms. The third kappa shape index (κ3) is 5.37. The van der Waals surface area contributed by atoms with Gasteiger partial charge in [0.05, 0.1) is 22.6 Å². The molecule has 3 rings (SSSR count). The minimum Gasteiger partial charge on any atom is -0.459 e. The van der Waals surface area contributed by atoms with Crippen molar-refractivity contribution in [1.82, 2.24) is 10.2 Å². The number of esters is 1. The number of hydrogen-bond acceptors (Lipinski definition) is 5. The molecule has 1 atom stereocenters. The topological polar surface area (TPSA) is 87.7 Å². The number of thiophene rings is 1. The zero-order valence-electron chi connectivity index (χ0n) is 18.8. The number of unbranched alkanes of at least 4 members (excludes halogenated alkanes) is 1. The van der Waals surface area contributed by atoms with Gasteiger partial charge in [0, 0.05) is 17.9 Å². The summed E-state index contributed by atoms with van der Waals surface area (Å²) in [5.74, 6) is -0.668. The molecule has 1 aromatic heterocycles. The molecule has 0 fully saturated rings. The number of hydrogen-bond donors (Lipinski definition) is 2. The molecular formula is C24H29N3O4S. The van der Waals surface area contributed by atoms with E-state index in [9.17, 15) is 14.4 Å². The maximum atomic E-state index is 13.0. The number of rotatable bonds is 8. The fourth-order valence-corrected chi connectivity index (χ4v) is 4.17. The normalized spacial score (nSPS) is 16.2. The molecule has 32 heavy (non-hydrogen) atoms. The quantitative estimate of drug-likeness (QED) is 0.543. The van der Waals surface area contributed by atoms with E-state index in [2.05, 4.69) is 10.6 Å². The second-order valence-corrected chi connectivity index (χ2v) is 8.85. The van der Waals surface area contributed by atoms with E-state index in [0.717, 1.165) is 12.8 Å². The molecule has 0 saturated carbocycles. The number of nitrogens with one attached hydrogen (secondary N) is 2. The lowest BCUT2D eigenvalue weighted by Gasteiger charge is -2.35. The number of amides is 3. The lowest BCUT2D eigenvalue weighted by Crippen LogP contribution is -2.48.